The Morgan fingerprint density at radius 2 is 1.85 bits per heavy atom. The molecule has 0 aliphatic carbocycles. The van der Waals surface area contributed by atoms with Gasteiger partial charge >= 0.3 is 0 Å². The number of rotatable bonds is 6. The molecule has 0 heterocycles. The summed E-state index contributed by atoms with van der Waals surface area (Å²) in [4.78, 5) is 0. The molecule has 0 radical (unpaired) electrons. The first kappa shape index (κ1) is 14.7. The van der Waals surface area contributed by atoms with Crippen molar-refractivity contribution in [2.45, 2.75) is 32.3 Å². The molecule has 78 valence electrons. The van der Waals surface area contributed by atoms with Crippen molar-refractivity contribution in [1.82, 2.24) is 0 Å². The van der Waals surface area contributed by atoms with Gasteiger partial charge in [0.2, 0.25) is 0 Å². The van der Waals surface area contributed by atoms with E-state index in [4.69, 9.17) is 10.2 Å². The summed E-state index contributed by atoms with van der Waals surface area (Å²) in [6, 6.07) is 0. The lowest BCUT2D eigenvalue weighted by Crippen LogP contribution is -1.98. The van der Waals surface area contributed by atoms with Gasteiger partial charge in [-0.25, -0.2) is 0 Å². The second kappa shape index (κ2) is 13.8. The van der Waals surface area contributed by atoms with Crippen LogP contribution in [0.1, 0.15) is 26.2 Å². The van der Waals surface area contributed by atoms with E-state index in [1.807, 2.05) is 0 Å². The molecule has 0 fully saturated rings. The summed E-state index contributed by atoms with van der Waals surface area (Å²) in [6.45, 7) is 8.52. The molecule has 2 N–H and O–H groups in total. The van der Waals surface area contributed by atoms with Crippen LogP contribution in [0.5, 0.6) is 0 Å². The first-order valence-electron chi connectivity index (χ1n) is 4.35. The molecular formula is C10H20O3. The Balaban J connectivity index is 0. The van der Waals surface area contributed by atoms with Crippen LogP contribution in [0.15, 0.2) is 25.7 Å². The number of hydrogen-bond donors (Lipinski definition) is 2. The Bertz CT molecular complexity index is 105. The lowest BCUT2D eigenvalue weighted by Gasteiger charge is -1.99. The van der Waals surface area contributed by atoms with Gasteiger partial charge in [-0.1, -0.05) is 13.2 Å². The normalized spacial score (nSPS) is 10.7. The summed E-state index contributed by atoms with van der Waals surface area (Å²) in [5.74, 6) is 0. The Labute approximate surface area is 80.4 Å². The standard InChI is InChI=1S/C6H14O2.C4H6O/c1-6(8)4-2-3-5-7;1-3-5-4-2/h6-8H,2-5H2,1H3;3-4H,1-2H2. The third-order valence-corrected chi connectivity index (χ3v) is 1.22. The smallest absolute Gasteiger partial charge is 0.0829 e. The van der Waals surface area contributed by atoms with E-state index >= 15 is 0 Å². The van der Waals surface area contributed by atoms with Gasteiger partial charge in [0.1, 0.15) is 0 Å². The largest absolute Gasteiger partial charge is 0.474 e. The Hall–Kier alpha value is -0.800. The van der Waals surface area contributed by atoms with Gasteiger partial charge in [0.15, 0.2) is 0 Å². The summed E-state index contributed by atoms with van der Waals surface area (Å²) in [5, 5.41) is 17.0. The molecule has 0 amide bonds. The predicted molar refractivity (Wildman–Crippen MR) is 54.1 cm³/mol. The molecule has 0 aromatic rings. The number of aliphatic hydroxyl groups is 2. The lowest BCUT2D eigenvalue weighted by molar-refractivity contribution is 0.175. The predicted octanol–water partition coefficient (Wildman–Crippen LogP) is 1.82. The first-order chi connectivity index (χ1) is 6.18. The van der Waals surface area contributed by atoms with Crippen LogP contribution in [-0.4, -0.2) is 22.9 Å². The molecule has 0 rings (SSSR count). The molecule has 13 heavy (non-hydrogen) atoms. The van der Waals surface area contributed by atoms with Crippen LogP contribution in [-0.2, 0) is 4.74 Å². The van der Waals surface area contributed by atoms with Crippen molar-refractivity contribution in [2.75, 3.05) is 6.61 Å². The molecule has 3 heteroatoms. The van der Waals surface area contributed by atoms with Crippen LogP contribution in [0, 0.1) is 0 Å². The number of unbranched alkanes of at least 4 members (excludes halogenated alkanes) is 1. The van der Waals surface area contributed by atoms with E-state index in [0.29, 0.717) is 0 Å². The maximum atomic E-state index is 8.70. The Morgan fingerprint density at radius 3 is 2.08 bits per heavy atom. The molecule has 0 spiro atoms. The molecule has 0 saturated heterocycles. The Kier molecular flexibility index (Phi) is 15.6. The topological polar surface area (TPSA) is 49.7 Å². The van der Waals surface area contributed by atoms with Crippen molar-refractivity contribution in [1.29, 1.82) is 0 Å². The zero-order valence-electron chi connectivity index (χ0n) is 8.28. The number of ether oxygens (including phenoxy) is 1. The maximum Gasteiger partial charge on any atom is 0.0829 e. The highest BCUT2D eigenvalue weighted by Gasteiger charge is 1.92. The van der Waals surface area contributed by atoms with Crippen LogP contribution in [0.4, 0.5) is 0 Å². The molecule has 0 aliphatic rings. The van der Waals surface area contributed by atoms with E-state index < -0.39 is 0 Å². The second-order valence-electron chi connectivity index (χ2n) is 2.54. The van der Waals surface area contributed by atoms with Crippen LogP contribution < -0.4 is 0 Å². The summed E-state index contributed by atoms with van der Waals surface area (Å²) >= 11 is 0. The molecule has 1 unspecified atom stereocenters. The first-order valence-corrected chi connectivity index (χ1v) is 4.35. The van der Waals surface area contributed by atoms with Gasteiger partial charge in [0, 0.05) is 6.61 Å². The van der Waals surface area contributed by atoms with Gasteiger partial charge in [-0.2, -0.15) is 0 Å². The van der Waals surface area contributed by atoms with Crippen LogP contribution in [0.25, 0.3) is 0 Å². The molecular weight excluding hydrogens is 168 g/mol. The lowest BCUT2D eigenvalue weighted by atomic mass is 10.2. The minimum atomic E-state index is -0.207. The number of aliphatic hydroxyl groups excluding tert-OH is 2. The van der Waals surface area contributed by atoms with E-state index in [2.05, 4.69) is 17.9 Å². The zero-order valence-corrected chi connectivity index (χ0v) is 8.28. The SMILES string of the molecule is C=COC=C.CC(O)CCCCO. The van der Waals surface area contributed by atoms with E-state index in [-0.39, 0.29) is 12.7 Å². The average Bonchev–Trinajstić information content (AvgIpc) is 2.07. The molecule has 0 bridgehead atoms. The van der Waals surface area contributed by atoms with E-state index in [1.54, 1.807) is 6.92 Å². The van der Waals surface area contributed by atoms with E-state index in [0.717, 1.165) is 19.3 Å². The highest BCUT2D eigenvalue weighted by Crippen LogP contribution is 1.97. The van der Waals surface area contributed by atoms with Crippen molar-refractivity contribution in [3.8, 4) is 0 Å². The average molecular weight is 188 g/mol. The third-order valence-electron chi connectivity index (χ3n) is 1.22. The van der Waals surface area contributed by atoms with Crippen LogP contribution in [0.3, 0.4) is 0 Å². The van der Waals surface area contributed by atoms with Crippen molar-refractivity contribution < 1.29 is 14.9 Å². The van der Waals surface area contributed by atoms with Crippen LogP contribution >= 0.6 is 0 Å². The van der Waals surface area contributed by atoms with Gasteiger partial charge < -0.3 is 14.9 Å². The molecule has 0 aromatic heterocycles. The van der Waals surface area contributed by atoms with Crippen molar-refractivity contribution in [3.05, 3.63) is 25.7 Å². The van der Waals surface area contributed by atoms with Crippen molar-refractivity contribution in [2.24, 2.45) is 0 Å². The Morgan fingerprint density at radius 1 is 1.31 bits per heavy atom. The van der Waals surface area contributed by atoms with Gasteiger partial charge in [0.25, 0.3) is 0 Å². The van der Waals surface area contributed by atoms with Gasteiger partial charge in [-0.3, -0.25) is 0 Å². The van der Waals surface area contributed by atoms with Crippen molar-refractivity contribution >= 4 is 0 Å². The molecule has 0 saturated carbocycles. The maximum absolute atomic E-state index is 8.70. The van der Waals surface area contributed by atoms with Gasteiger partial charge in [-0.15, -0.1) is 0 Å². The summed E-state index contributed by atoms with van der Waals surface area (Å²) in [7, 11) is 0. The molecule has 0 aliphatic heterocycles. The third kappa shape index (κ3) is 24.7. The van der Waals surface area contributed by atoms with Gasteiger partial charge in [-0.05, 0) is 26.2 Å². The summed E-state index contributed by atoms with van der Waals surface area (Å²) in [6.07, 6.45) is 4.96. The zero-order chi connectivity index (χ0) is 10.5. The van der Waals surface area contributed by atoms with E-state index in [1.165, 1.54) is 12.5 Å². The van der Waals surface area contributed by atoms with Crippen molar-refractivity contribution in [3.63, 3.8) is 0 Å². The second-order valence-corrected chi connectivity index (χ2v) is 2.54. The van der Waals surface area contributed by atoms with Gasteiger partial charge in [0.05, 0.1) is 18.6 Å². The monoisotopic (exact) mass is 188 g/mol. The fourth-order valence-corrected chi connectivity index (χ4v) is 0.620. The molecule has 1 atom stereocenters. The fourth-order valence-electron chi connectivity index (χ4n) is 0.620. The minimum Gasteiger partial charge on any atom is -0.474 e. The minimum absolute atomic E-state index is 0.207. The molecule has 0 aromatic carbocycles. The highest BCUT2D eigenvalue weighted by molar-refractivity contribution is 4.57. The summed E-state index contributed by atoms with van der Waals surface area (Å²) in [5.41, 5.74) is 0. The van der Waals surface area contributed by atoms with E-state index in [9.17, 15) is 0 Å². The fraction of sp³-hybridized carbons (Fsp3) is 0.600. The van der Waals surface area contributed by atoms with Crippen LogP contribution in [0.2, 0.25) is 0 Å². The highest BCUT2D eigenvalue weighted by atomic mass is 16.5. The quantitative estimate of drug-likeness (QED) is 0.494. The number of hydrogen-bond acceptors (Lipinski definition) is 3. The summed E-state index contributed by atoms with van der Waals surface area (Å²) < 4.78 is 4.36. The molecule has 3 nitrogen and oxygen atoms in total.